The summed E-state index contributed by atoms with van der Waals surface area (Å²) in [4.78, 5) is 0. The molecule has 1 saturated carbocycles. The predicted octanol–water partition coefficient (Wildman–Crippen LogP) is 6.36. The predicted molar refractivity (Wildman–Crippen MR) is 96.3 cm³/mol. The zero-order chi connectivity index (χ0) is 17.1. The maximum atomic E-state index is 10.2. The lowest BCUT2D eigenvalue weighted by molar-refractivity contribution is 0.121. The molecule has 0 saturated heterocycles. The molecule has 3 heteroatoms. The van der Waals surface area contributed by atoms with E-state index in [0.29, 0.717) is 5.41 Å². The van der Waals surface area contributed by atoms with E-state index in [0.717, 1.165) is 30.8 Å². The molecule has 1 unspecified atom stereocenters. The van der Waals surface area contributed by atoms with Crippen molar-refractivity contribution in [3.05, 3.63) is 0 Å². The van der Waals surface area contributed by atoms with E-state index in [1.165, 1.54) is 38.4 Å². The largest absolute Gasteiger partial charge is 0.400 e. The standard InChI is InChI=1S/C16H32.CH3FS.CH4O/c1-12(2)11-13(3)14-7-9-15(10-8-14)16(4,5)6;1-3-2;1-2/h12-15H,7-11H2,1-6H3;1H3;2H,1H3. The fourth-order valence-electron chi connectivity index (χ4n) is 3.49. The molecule has 1 N–H and O–H groups in total. The van der Waals surface area contributed by atoms with Gasteiger partial charge in [0.05, 0.1) is 0 Å². The van der Waals surface area contributed by atoms with Crippen LogP contribution in [0.4, 0.5) is 3.89 Å². The molecular weight excluding hydrogens is 283 g/mol. The van der Waals surface area contributed by atoms with Crippen LogP contribution in [0.1, 0.15) is 73.6 Å². The van der Waals surface area contributed by atoms with E-state index < -0.39 is 0 Å². The van der Waals surface area contributed by atoms with Gasteiger partial charge in [0, 0.05) is 25.5 Å². The van der Waals surface area contributed by atoms with Crippen molar-refractivity contribution < 1.29 is 8.99 Å². The summed E-state index contributed by atoms with van der Waals surface area (Å²) in [7, 11) is 1.00. The van der Waals surface area contributed by atoms with Crippen LogP contribution in [0.2, 0.25) is 0 Å². The summed E-state index contributed by atoms with van der Waals surface area (Å²) >= 11 is 0.250. The molecule has 0 aliphatic heterocycles. The van der Waals surface area contributed by atoms with E-state index in [1.807, 2.05) is 0 Å². The fraction of sp³-hybridized carbons (Fsp3) is 1.00. The van der Waals surface area contributed by atoms with E-state index in [4.69, 9.17) is 5.11 Å². The second-order valence-electron chi connectivity index (χ2n) is 7.74. The first-order valence-corrected chi connectivity index (χ1v) is 9.44. The molecule has 0 amide bonds. The Labute approximate surface area is 137 Å². The van der Waals surface area contributed by atoms with Crippen molar-refractivity contribution in [1.82, 2.24) is 0 Å². The summed E-state index contributed by atoms with van der Waals surface area (Å²) < 4.78 is 10.2. The fourth-order valence-corrected chi connectivity index (χ4v) is 3.49. The zero-order valence-corrected chi connectivity index (χ0v) is 16.4. The average Bonchev–Trinajstić information content (AvgIpc) is 2.40. The minimum Gasteiger partial charge on any atom is -0.400 e. The van der Waals surface area contributed by atoms with Gasteiger partial charge < -0.3 is 5.11 Å². The molecular formula is C18H39FOS. The highest BCUT2D eigenvalue weighted by Crippen LogP contribution is 2.42. The summed E-state index contributed by atoms with van der Waals surface area (Å²) in [6.45, 7) is 14.4. The molecule has 0 heterocycles. The number of halogens is 1. The summed E-state index contributed by atoms with van der Waals surface area (Å²) in [5, 5.41) is 7.00. The Morgan fingerprint density at radius 1 is 1.05 bits per heavy atom. The lowest BCUT2D eigenvalue weighted by atomic mass is 9.67. The van der Waals surface area contributed by atoms with Crippen molar-refractivity contribution in [1.29, 1.82) is 0 Å². The van der Waals surface area contributed by atoms with Crippen LogP contribution in [0.25, 0.3) is 0 Å². The summed E-state index contributed by atoms with van der Waals surface area (Å²) in [6.07, 6.45) is 8.70. The Kier molecular flexibility index (Phi) is 14.3. The van der Waals surface area contributed by atoms with Crippen LogP contribution in [0.15, 0.2) is 0 Å². The molecule has 0 aromatic carbocycles. The first-order chi connectivity index (χ1) is 9.72. The molecule has 1 rings (SSSR count). The van der Waals surface area contributed by atoms with Gasteiger partial charge in [0.1, 0.15) is 0 Å². The Balaban J connectivity index is 0. The number of hydrogen-bond donors (Lipinski definition) is 1. The van der Waals surface area contributed by atoms with Crippen molar-refractivity contribution in [2.45, 2.75) is 73.6 Å². The molecule has 0 radical (unpaired) electrons. The third-order valence-corrected chi connectivity index (χ3v) is 4.64. The first kappa shape index (κ1) is 23.5. The van der Waals surface area contributed by atoms with Gasteiger partial charge in [0.25, 0.3) is 0 Å². The molecule has 1 nitrogen and oxygen atoms in total. The molecule has 1 aliphatic carbocycles. The van der Waals surface area contributed by atoms with Gasteiger partial charge in [-0.05, 0) is 61.2 Å². The normalized spacial score (nSPS) is 23.6. The van der Waals surface area contributed by atoms with Gasteiger partial charge in [-0.2, -0.15) is 3.89 Å². The molecule has 0 aromatic heterocycles. The van der Waals surface area contributed by atoms with Gasteiger partial charge in [-0.25, -0.2) is 0 Å². The Morgan fingerprint density at radius 2 is 1.43 bits per heavy atom. The minimum atomic E-state index is 0.250. The zero-order valence-electron chi connectivity index (χ0n) is 15.6. The maximum Gasteiger partial charge on any atom is 0.0408 e. The minimum absolute atomic E-state index is 0.250. The number of aliphatic hydroxyl groups excluding tert-OH is 1. The monoisotopic (exact) mass is 322 g/mol. The lowest BCUT2D eigenvalue weighted by Gasteiger charge is -2.39. The highest BCUT2D eigenvalue weighted by Gasteiger charge is 2.31. The van der Waals surface area contributed by atoms with Crippen LogP contribution in [-0.2, 0) is 0 Å². The topological polar surface area (TPSA) is 20.2 Å². The van der Waals surface area contributed by atoms with E-state index in [2.05, 4.69) is 41.5 Å². The van der Waals surface area contributed by atoms with Gasteiger partial charge in [-0.15, -0.1) is 0 Å². The van der Waals surface area contributed by atoms with Gasteiger partial charge in [0.2, 0.25) is 0 Å². The quantitative estimate of drug-likeness (QED) is 0.652. The second-order valence-corrected chi connectivity index (χ2v) is 8.05. The van der Waals surface area contributed by atoms with Gasteiger partial charge in [0.15, 0.2) is 0 Å². The molecule has 1 atom stereocenters. The maximum absolute atomic E-state index is 10.2. The smallest absolute Gasteiger partial charge is 0.0408 e. The SMILES string of the molecule is CC(C)CC(C)C1CCC(C(C)(C)C)CC1.CO.CSF. The van der Waals surface area contributed by atoms with Crippen LogP contribution in [-0.4, -0.2) is 18.5 Å². The number of hydrogen-bond acceptors (Lipinski definition) is 2. The van der Waals surface area contributed by atoms with Crippen molar-refractivity contribution in [2.75, 3.05) is 13.4 Å². The molecule has 130 valence electrons. The van der Waals surface area contributed by atoms with Gasteiger partial charge >= 0.3 is 0 Å². The highest BCUT2D eigenvalue weighted by atomic mass is 32.2. The Bertz CT molecular complexity index is 218. The second kappa shape index (κ2) is 12.8. The van der Waals surface area contributed by atoms with Crippen molar-refractivity contribution in [2.24, 2.45) is 29.1 Å². The van der Waals surface area contributed by atoms with E-state index in [9.17, 15) is 3.89 Å². The van der Waals surface area contributed by atoms with E-state index in [1.54, 1.807) is 0 Å². The summed E-state index contributed by atoms with van der Waals surface area (Å²) in [5.74, 6) is 3.80. The van der Waals surface area contributed by atoms with Crippen LogP contribution in [0.3, 0.4) is 0 Å². The molecule has 1 fully saturated rings. The van der Waals surface area contributed by atoms with E-state index in [-0.39, 0.29) is 12.1 Å². The van der Waals surface area contributed by atoms with Crippen LogP contribution < -0.4 is 0 Å². The third kappa shape index (κ3) is 11.5. The molecule has 0 aromatic rings. The highest BCUT2D eigenvalue weighted by molar-refractivity contribution is 7.93. The lowest BCUT2D eigenvalue weighted by Crippen LogP contribution is -2.28. The third-order valence-electron chi connectivity index (χ3n) is 4.64. The van der Waals surface area contributed by atoms with Crippen molar-refractivity contribution in [3.8, 4) is 0 Å². The van der Waals surface area contributed by atoms with Crippen LogP contribution >= 0.6 is 12.1 Å². The van der Waals surface area contributed by atoms with Crippen LogP contribution in [0, 0.1) is 29.1 Å². The summed E-state index contributed by atoms with van der Waals surface area (Å²) in [5.41, 5.74) is 0.534. The Hall–Kier alpha value is 0.240. The molecule has 21 heavy (non-hydrogen) atoms. The van der Waals surface area contributed by atoms with Gasteiger partial charge in [-0.1, -0.05) is 41.5 Å². The van der Waals surface area contributed by atoms with Gasteiger partial charge in [-0.3, -0.25) is 0 Å². The van der Waals surface area contributed by atoms with Crippen molar-refractivity contribution in [3.63, 3.8) is 0 Å². The number of rotatable bonds is 3. The van der Waals surface area contributed by atoms with Crippen molar-refractivity contribution >= 4 is 12.1 Å². The van der Waals surface area contributed by atoms with Crippen LogP contribution in [0.5, 0.6) is 0 Å². The Morgan fingerprint density at radius 3 is 1.71 bits per heavy atom. The first-order valence-electron chi connectivity index (χ1n) is 8.31. The number of aliphatic hydroxyl groups is 1. The molecule has 0 spiro atoms. The molecule has 1 aliphatic rings. The summed E-state index contributed by atoms with van der Waals surface area (Å²) in [6, 6.07) is 0. The molecule has 0 bridgehead atoms. The average molecular weight is 323 g/mol. The van der Waals surface area contributed by atoms with E-state index >= 15 is 0 Å².